The minimum absolute atomic E-state index is 0.690. The lowest BCUT2D eigenvalue weighted by molar-refractivity contribution is 0.123. The summed E-state index contributed by atoms with van der Waals surface area (Å²) in [6.07, 6.45) is 3.71. The Morgan fingerprint density at radius 3 is 2.46 bits per heavy atom. The highest BCUT2D eigenvalue weighted by Crippen LogP contribution is 2.30. The quantitative estimate of drug-likeness (QED) is 0.869. The first-order chi connectivity index (χ1) is 12.8. The zero-order chi connectivity index (χ0) is 17.8. The van der Waals surface area contributed by atoms with Crippen molar-refractivity contribution >= 4 is 0 Å². The molecule has 0 spiro atoms. The molecule has 3 fully saturated rings. The number of nitrogens with two attached hydrogens (primary N) is 1. The largest absolute Gasteiger partial charge is 0.330 e. The molecule has 0 unspecified atom stereocenters. The fourth-order valence-electron chi connectivity index (χ4n) is 4.73. The molecule has 3 aliphatic heterocycles. The topological polar surface area (TPSA) is 32.5 Å². The van der Waals surface area contributed by atoms with Crippen LogP contribution in [0.4, 0.5) is 0 Å². The maximum absolute atomic E-state index is 5.73. The molecule has 0 saturated carbocycles. The number of benzene rings is 2. The van der Waals surface area contributed by atoms with Crippen molar-refractivity contribution in [3.63, 3.8) is 0 Å². The van der Waals surface area contributed by atoms with E-state index in [2.05, 4.69) is 64.4 Å². The zero-order valence-electron chi connectivity index (χ0n) is 15.7. The van der Waals surface area contributed by atoms with Crippen LogP contribution in [-0.4, -0.2) is 42.0 Å². The second-order valence-electron chi connectivity index (χ2n) is 8.06. The summed E-state index contributed by atoms with van der Waals surface area (Å²) >= 11 is 0. The first-order valence-corrected chi connectivity index (χ1v) is 10.1. The van der Waals surface area contributed by atoms with Gasteiger partial charge < -0.3 is 5.73 Å². The molecule has 3 saturated heterocycles. The summed E-state index contributed by atoms with van der Waals surface area (Å²) in [5.41, 5.74) is 9.98. The Morgan fingerprint density at radius 2 is 1.62 bits per heavy atom. The maximum Gasteiger partial charge on any atom is 0.0237 e. The molecule has 2 bridgehead atoms. The molecule has 0 aliphatic carbocycles. The van der Waals surface area contributed by atoms with Gasteiger partial charge in [-0.25, -0.2) is 0 Å². The molecule has 3 heterocycles. The van der Waals surface area contributed by atoms with Gasteiger partial charge in [-0.15, -0.1) is 0 Å². The van der Waals surface area contributed by atoms with Gasteiger partial charge >= 0.3 is 0 Å². The highest BCUT2D eigenvalue weighted by molar-refractivity contribution is 5.24. The van der Waals surface area contributed by atoms with Gasteiger partial charge in [-0.1, -0.05) is 54.6 Å². The maximum atomic E-state index is 5.73. The minimum Gasteiger partial charge on any atom is -0.330 e. The summed E-state index contributed by atoms with van der Waals surface area (Å²) in [6, 6.07) is 20.6. The van der Waals surface area contributed by atoms with E-state index in [1.54, 1.807) is 0 Å². The zero-order valence-corrected chi connectivity index (χ0v) is 15.7. The molecule has 3 aliphatic rings. The van der Waals surface area contributed by atoms with Crippen LogP contribution in [0, 0.1) is 5.92 Å². The predicted molar refractivity (Wildman–Crippen MR) is 108 cm³/mol. The van der Waals surface area contributed by atoms with Crippen LogP contribution in [-0.2, 0) is 19.5 Å². The number of fused-ring (bicyclic) bond motifs is 4. The number of nitrogens with zero attached hydrogens (tertiary/aromatic N) is 2. The molecule has 2 aromatic rings. The first kappa shape index (κ1) is 17.7. The Labute approximate surface area is 157 Å². The lowest BCUT2D eigenvalue weighted by atomic mass is 9.94. The van der Waals surface area contributed by atoms with E-state index in [0.717, 1.165) is 32.0 Å². The van der Waals surface area contributed by atoms with Crippen LogP contribution in [0.25, 0.3) is 0 Å². The summed E-state index contributed by atoms with van der Waals surface area (Å²) in [7, 11) is 0. The van der Waals surface area contributed by atoms with Crippen molar-refractivity contribution < 1.29 is 0 Å². The van der Waals surface area contributed by atoms with Gasteiger partial charge in [-0.3, -0.25) is 9.80 Å². The van der Waals surface area contributed by atoms with Crippen molar-refractivity contribution in [3.05, 3.63) is 71.3 Å². The lowest BCUT2D eigenvalue weighted by Crippen LogP contribution is -2.43. The van der Waals surface area contributed by atoms with Gasteiger partial charge in [0, 0.05) is 38.8 Å². The molecule has 3 nitrogen and oxygen atoms in total. The van der Waals surface area contributed by atoms with Crippen molar-refractivity contribution in [1.82, 2.24) is 9.80 Å². The smallest absolute Gasteiger partial charge is 0.0237 e. The van der Waals surface area contributed by atoms with Gasteiger partial charge in [-0.2, -0.15) is 0 Å². The second kappa shape index (κ2) is 8.34. The van der Waals surface area contributed by atoms with Gasteiger partial charge in [0.2, 0.25) is 0 Å². The summed E-state index contributed by atoms with van der Waals surface area (Å²) in [5.74, 6) is 0.810. The van der Waals surface area contributed by atoms with Crippen LogP contribution in [0.1, 0.15) is 29.5 Å². The summed E-state index contributed by atoms with van der Waals surface area (Å²) < 4.78 is 0. The van der Waals surface area contributed by atoms with Crippen LogP contribution >= 0.6 is 0 Å². The first-order valence-electron chi connectivity index (χ1n) is 10.1. The molecule has 0 aromatic heterocycles. The molecule has 138 valence electrons. The fourth-order valence-corrected chi connectivity index (χ4v) is 4.73. The highest BCUT2D eigenvalue weighted by atomic mass is 15.3. The van der Waals surface area contributed by atoms with Crippen LogP contribution in [0.15, 0.2) is 54.6 Å². The van der Waals surface area contributed by atoms with E-state index < -0.39 is 0 Å². The van der Waals surface area contributed by atoms with Crippen molar-refractivity contribution in [1.29, 1.82) is 0 Å². The number of piperidine rings is 1. The molecule has 5 rings (SSSR count). The van der Waals surface area contributed by atoms with Crippen molar-refractivity contribution in [3.8, 4) is 0 Å². The average Bonchev–Trinajstić information content (AvgIpc) is 2.94. The van der Waals surface area contributed by atoms with Gasteiger partial charge in [0.05, 0.1) is 0 Å². The third kappa shape index (κ3) is 4.35. The van der Waals surface area contributed by atoms with E-state index >= 15 is 0 Å². The SMILES string of the molecule is NCCc1cccc(CN2C[C@H]3CC[C@@H]2CN(Cc2ccccc2)C3)c1. The summed E-state index contributed by atoms with van der Waals surface area (Å²) in [6.45, 7) is 6.60. The van der Waals surface area contributed by atoms with E-state index in [1.165, 1.54) is 49.2 Å². The highest BCUT2D eigenvalue weighted by Gasteiger charge is 2.34. The van der Waals surface area contributed by atoms with E-state index in [1.807, 2.05) is 0 Å². The predicted octanol–water partition coefficient (Wildman–Crippen LogP) is 3.28. The molecule has 2 atom stereocenters. The summed E-state index contributed by atoms with van der Waals surface area (Å²) in [5, 5.41) is 0. The Kier molecular flexibility index (Phi) is 5.68. The minimum atomic E-state index is 0.690. The van der Waals surface area contributed by atoms with Crippen LogP contribution in [0.3, 0.4) is 0 Å². The monoisotopic (exact) mass is 349 g/mol. The molecule has 3 heteroatoms. The molecule has 2 N–H and O–H groups in total. The van der Waals surface area contributed by atoms with Crippen molar-refractivity contribution in [2.75, 3.05) is 26.2 Å². The molecular formula is C23H31N3. The van der Waals surface area contributed by atoms with Crippen LogP contribution < -0.4 is 5.73 Å². The Bertz CT molecular complexity index is 700. The van der Waals surface area contributed by atoms with Gasteiger partial charge in [0.15, 0.2) is 0 Å². The van der Waals surface area contributed by atoms with Crippen molar-refractivity contribution in [2.24, 2.45) is 11.7 Å². The standard InChI is InChI=1S/C23H31N3/c24-12-11-19-7-4-8-21(13-19)16-26-17-22-9-10-23(26)18-25(15-22)14-20-5-2-1-3-6-20/h1-8,13,22-23H,9-12,14-18,24H2/t22-,23+/m0/s1. The normalized spacial score (nSPS) is 23.9. The van der Waals surface area contributed by atoms with E-state index in [0.29, 0.717) is 6.04 Å². The molecular weight excluding hydrogens is 318 g/mol. The molecule has 26 heavy (non-hydrogen) atoms. The van der Waals surface area contributed by atoms with Crippen LogP contribution in [0.5, 0.6) is 0 Å². The van der Waals surface area contributed by atoms with E-state index in [4.69, 9.17) is 5.73 Å². The average molecular weight is 350 g/mol. The number of hydrogen-bond acceptors (Lipinski definition) is 3. The third-order valence-corrected chi connectivity index (χ3v) is 5.96. The Balaban J connectivity index is 1.42. The second-order valence-corrected chi connectivity index (χ2v) is 8.06. The number of hydrogen-bond donors (Lipinski definition) is 1. The third-order valence-electron chi connectivity index (χ3n) is 5.96. The van der Waals surface area contributed by atoms with Gasteiger partial charge in [0.25, 0.3) is 0 Å². The lowest BCUT2D eigenvalue weighted by Gasteiger charge is -2.36. The molecule has 0 radical (unpaired) electrons. The van der Waals surface area contributed by atoms with E-state index in [-0.39, 0.29) is 0 Å². The fraction of sp³-hybridized carbons (Fsp3) is 0.478. The molecule has 2 aromatic carbocycles. The number of rotatable bonds is 6. The van der Waals surface area contributed by atoms with E-state index in [9.17, 15) is 0 Å². The van der Waals surface area contributed by atoms with Crippen molar-refractivity contribution in [2.45, 2.75) is 38.4 Å². The van der Waals surface area contributed by atoms with Crippen LogP contribution in [0.2, 0.25) is 0 Å². The Hall–Kier alpha value is -1.68. The van der Waals surface area contributed by atoms with Gasteiger partial charge in [-0.05, 0) is 48.4 Å². The summed E-state index contributed by atoms with van der Waals surface area (Å²) in [4.78, 5) is 5.42. The van der Waals surface area contributed by atoms with Gasteiger partial charge in [0.1, 0.15) is 0 Å². The molecule has 0 amide bonds. The Morgan fingerprint density at radius 1 is 0.808 bits per heavy atom.